The largest absolute Gasteiger partial charge is 0.304 e. The summed E-state index contributed by atoms with van der Waals surface area (Å²) >= 11 is 0. The molecule has 0 aliphatic carbocycles. The molecule has 2 saturated heterocycles. The Morgan fingerprint density at radius 3 is 2.43 bits per heavy atom. The second-order valence-corrected chi connectivity index (χ2v) is 6.21. The van der Waals surface area contributed by atoms with Crippen molar-refractivity contribution in [2.45, 2.75) is 32.2 Å². The van der Waals surface area contributed by atoms with E-state index in [-0.39, 0.29) is 11.8 Å². The van der Waals surface area contributed by atoms with Crippen LogP contribution in [0, 0.1) is 17.6 Å². The van der Waals surface area contributed by atoms with E-state index in [0.29, 0.717) is 18.6 Å². The summed E-state index contributed by atoms with van der Waals surface area (Å²) in [6, 6.07) is 2.99. The zero-order valence-electron chi connectivity index (χ0n) is 13.3. The lowest BCUT2D eigenvalue weighted by Crippen LogP contribution is -2.41. The minimum Gasteiger partial charge on any atom is -0.304 e. The lowest BCUT2D eigenvalue weighted by molar-refractivity contribution is -0.183. The van der Waals surface area contributed by atoms with Crippen LogP contribution in [0.15, 0.2) is 18.2 Å². The first kappa shape index (κ1) is 16.3. The van der Waals surface area contributed by atoms with Crippen molar-refractivity contribution < 1.29 is 18.4 Å². The molecule has 23 heavy (non-hydrogen) atoms. The van der Waals surface area contributed by atoms with Gasteiger partial charge in [0.05, 0.1) is 12.6 Å². The van der Waals surface area contributed by atoms with Crippen LogP contribution in [0.4, 0.5) is 8.78 Å². The number of amides is 1. The molecular weight excluding hydrogens is 302 g/mol. The topological polar surface area (TPSA) is 32.8 Å². The fourth-order valence-corrected chi connectivity index (χ4v) is 3.43. The van der Waals surface area contributed by atoms with E-state index in [1.165, 1.54) is 17.2 Å². The van der Waals surface area contributed by atoms with Gasteiger partial charge in [0, 0.05) is 18.4 Å². The molecule has 2 fully saturated rings. The van der Waals surface area contributed by atoms with Gasteiger partial charge in [0.15, 0.2) is 0 Å². The smallest absolute Gasteiger partial charge is 0.249 e. The molecule has 1 atom stereocenters. The molecule has 1 aromatic carbocycles. The monoisotopic (exact) mass is 324 g/mol. The van der Waals surface area contributed by atoms with Crippen molar-refractivity contribution in [2.75, 3.05) is 26.2 Å². The highest BCUT2D eigenvalue weighted by Gasteiger charge is 2.37. The molecule has 0 spiro atoms. The van der Waals surface area contributed by atoms with Crippen LogP contribution in [0.2, 0.25) is 0 Å². The quantitative estimate of drug-likeness (QED) is 0.857. The van der Waals surface area contributed by atoms with Crippen LogP contribution in [-0.4, -0.2) is 42.1 Å². The average molecular weight is 324 g/mol. The van der Waals surface area contributed by atoms with Gasteiger partial charge < -0.3 is 4.90 Å². The lowest BCUT2D eigenvalue weighted by Gasteiger charge is -2.33. The Labute approximate surface area is 135 Å². The Balaban J connectivity index is 1.72. The summed E-state index contributed by atoms with van der Waals surface area (Å²) in [7, 11) is 0. The molecule has 0 bridgehead atoms. The number of hydroxylamine groups is 2. The number of rotatable bonds is 3. The number of carbonyl (C=O) groups is 1. The van der Waals surface area contributed by atoms with E-state index < -0.39 is 17.7 Å². The molecule has 0 N–H and O–H groups in total. The minimum absolute atomic E-state index is 0.0621. The SMILES string of the molecule is CCN1CCC(C(=O)N2OCC[C@@H]2c2cc(F)cc(F)c2)CC1. The van der Waals surface area contributed by atoms with E-state index in [0.717, 1.165) is 38.5 Å². The second-order valence-electron chi connectivity index (χ2n) is 6.21. The summed E-state index contributed by atoms with van der Waals surface area (Å²) in [6.07, 6.45) is 2.16. The third-order valence-electron chi connectivity index (χ3n) is 4.78. The van der Waals surface area contributed by atoms with Crippen molar-refractivity contribution in [3.63, 3.8) is 0 Å². The van der Waals surface area contributed by atoms with Crippen molar-refractivity contribution in [2.24, 2.45) is 5.92 Å². The van der Waals surface area contributed by atoms with Crippen molar-refractivity contribution in [3.8, 4) is 0 Å². The summed E-state index contributed by atoms with van der Waals surface area (Å²) in [6.45, 7) is 5.30. The van der Waals surface area contributed by atoms with Crippen LogP contribution in [-0.2, 0) is 9.63 Å². The van der Waals surface area contributed by atoms with Gasteiger partial charge in [0.2, 0.25) is 5.91 Å². The maximum atomic E-state index is 13.5. The summed E-state index contributed by atoms with van der Waals surface area (Å²) in [5, 5.41) is 1.35. The highest BCUT2D eigenvalue weighted by atomic mass is 19.1. The number of likely N-dealkylation sites (tertiary alicyclic amines) is 1. The molecule has 6 heteroatoms. The third kappa shape index (κ3) is 3.53. The second kappa shape index (κ2) is 6.93. The first-order chi connectivity index (χ1) is 11.1. The number of piperidine rings is 1. The maximum absolute atomic E-state index is 13.5. The van der Waals surface area contributed by atoms with E-state index in [2.05, 4.69) is 11.8 Å². The molecule has 0 saturated carbocycles. The standard InChI is InChI=1S/C17H22F2N2O2/c1-2-20-6-3-12(4-7-20)17(22)21-16(5-8-23-21)13-9-14(18)11-15(19)10-13/h9-12,16H,2-8H2,1H3/t16-/m1/s1. The number of nitrogens with zero attached hydrogens (tertiary/aromatic N) is 2. The normalized spacial score (nSPS) is 23.4. The Bertz CT molecular complexity index is 553. The summed E-state index contributed by atoms with van der Waals surface area (Å²) in [4.78, 5) is 20.6. The number of benzene rings is 1. The molecule has 0 radical (unpaired) electrons. The zero-order valence-corrected chi connectivity index (χ0v) is 13.3. The number of carbonyl (C=O) groups excluding carboxylic acids is 1. The van der Waals surface area contributed by atoms with Crippen molar-refractivity contribution >= 4 is 5.91 Å². The molecule has 4 nitrogen and oxygen atoms in total. The molecule has 0 aromatic heterocycles. The molecule has 2 heterocycles. The van der Waals surface area contributed by atoms with E-state index in [1.54, 1.807) is 0 Å². The van der Waals surface area contributed by atoms with Crippen molar-refractivity contribution in [1.82, 2.24) is 9.96 Å². The van der Waals surface area contributed by atoms with Gasteiger partial charge in [-0.2, -0.15) is 0 Å². The van der Waals surface area contributed by atoms with Crippen LogP contribution in [0.3, 0.4) is 0 Å². The molecule has 1 aromatic rings. The van der Waals surface area contributed by atoms with Gasteiger partial charge >= 0.3 is 0 Å². The lowest BCUT2D eigenvalue weighted by atomic mass is 9.94. The van der Waals surface area contributed by atoms with Gasteiger partial charge in [-0.05, 0) is 50.2 Å². The van der Waals surface area contributed by atoms with E-state index >= 15 is 0 Å². The average Bonchev–Trinajstić information content (AvgIpc) is 3.03. The number of hydrogen-bond donors (Lipinski definition) is 0. The molecule has 2 aliphatic heterocycles. The van der Waals surface area contributed by atoms with E-state index in [4.69, 9.17) is 4.84 Å². The van der Waals surface area contributed by atoms with Crippen LogP contribution >= 0.6 is 0 Å². The Hall–Kier alpha value is -1.53. The van der Waals surface area contributed by atoms with Crippen LogP contribution in [0.25, 0.3) is 0 Å². The summed E-state index contributed by atoms with van der Waals surface area (Å²) in [5.74, 6) is -1.39. The highest BCUT2D eigenvalue weighted by Crippen LogP contribution is 2.34. The van der Waals surface area contributed by atoms with Crippen molar-refractivity contribution in [3.05, 3.63) is 35.4 Å². The first-order valence-electron chi connectivity index (χ1n) is 8.23. The summed E-state index contributed by atoms with van der Waals surface area (Å²) < 4.78 is 26.9. The molecule has 3 rings (SSSR count). The Morgan fingerprint density at radius 1 is 1.17 bits per heavy atom. The first-order valence-corrected chi connectivity index (χ1v) is 8.23. The van der Waals surface area contributed by atoms with Crippen LogP contribution < -0.4 is 0 Å². The van der Waals surface area contributed by atoms with Gasteiger partial charge in [-0.15, -0.1) is 0 Å². The van der Waals surface area contributed by atoms with E-state index in [9.17, 15) is 13.6 Å². The van der Waals surface area contributed by atoms with Gasteiger partial charge in [0.25, 0.3) is 0 Å². The fourth-order valence-electron chi connectivity index (χ4n) is 3.43. The van der Waals surface area contributed by atoms with Gasteiger partial charge in [0.1, 0.15) is 11.6 Å². The van der Waals surface area contributed by atoms with Gasteiger partial charge in [-0.1, -0.05) is 6.92 Å². The molecule has 2 aliphatic rings. The summed E-state index contributed by atoms with van der Waals surface area (Å²) in [5.41, 5.74) is 0.458. The Morgan fingerprint density at radius 2 is 1.83 bits per heavy atom. The fraction of sp³-hybridized carbons (Fsp3) is 0.588. The number of halogens is 2. The molecule has 0 unspecified atom stereocenters. The third-order valence-corrected chi connectivity index (χ3v) is 4.78. The minimum atomic E-state index is -0.629. The predicted octanol–water partition coefficient (Wildman–Crippen LogP) is 2.90. The van der Waals surface area contributed by atoms with Crippen LogP contribution in [0.1, 0.15) is 37.8 Å². The molecule has 1 amide bonds. The predicted molar refractivity (Wildman–Crippen MR) is 81.4 cm³/mol. The molecule has 126 valence electrons. The van der Waals surface area contributed by atoms with Crippen LogP contribution in [0.5, 0.6) is 0 Å². The Kier molecular flexibility index (Phi) is 4.92. The van der Waals surface area contributed by atoms with Crippen molar-refractivity contribution in [1.29, 1.82) is 0 Å². The maximum Gasteiger partial charge on any atom is 0.249 e. The van der Waals surface area contributed by atoms with E-state index in [1.807, 2.05) is 0 Å². The van der Waals surface area contributed by atoms with Gasteiger partial charge in [-0.3, -0.25) is 9.63 Å². The highest BCUT2D eigenvalue weighted by molar-refractivity contribution is 5.78. The number of hydrogen-bond acceptors (Lipinski definition) is 3. The van der Waals surface area contributed by atoms with Gasteiger partial charge in [-0.25, -0.2) is 13.8 Å². The molecular formula is C17H22F2N2O2. The zero-order chi connectivity index (χ0) is 16.4.